The lowest BCUT2D eigenvalue weighted by molar-refractivity contribution is 0.0543. The second kappa shape index (κ2) is 7.92. The summed E-state index contributed by atoms with van der Waals surface area (Å²) in [5.74, 6) is 0. The molecule has 2 rings (SSSR count). The minimum absolute atomic E-state index is 0.108. The molecule has 0 amide bonds. The SMILES string of the molecule is COCCn1nc(C)c(C(C)NCC(C)(O)c2ccccc2)c1C. The molecule has 2 unspecified atom stereocenters. The van der Waals surface area contributed by atoms with Crippen LogP contribution in [0.3, 0.4) is 0 Å². The molecule has 0 radical (unpaired) electrons. The zero-order chi connectivity index (χ0) is 17.7. The van der Waals surface area contributed by atoms with E-state index in [1.54, 1.807) is 7.11 Å². The fourth-order valence-electron chi connectivity index (χ4n) is 3.09. The van der Waals surface area contributed by atoms with Gasteiger partial charge in [-0.25, -0.2) is 0 Å². The minimum atomic E-state index is -0.913. The fourth-order valence-corrected chi connectivity index (χ4v) is 3.09. The summed E-state index contributed by atoms with van der Waals surface area (Å²) in [4.78, 5) is 0. The van der Waals surface area contributed by atoms with E-state index in [0.29, 0.717) is 13.2 Å². The Kier molecular flexibility index (Phi) is 6.15. The third-order valence-corrected chi connectivity index (χ3v) is 4.53. The molecule has 0 saturated carbocycles. The van der Waals surface area contributed by atoms with Crippen molar-refractivity contribution in [2.75, 3.05) is 20.3 Å². The van der Waals surface area contributed by atoms with Crippen LogP contribution in [-0.4, -0.2) is 35.1 Å². The number of aryl methyl sites for hydroxylation is 1. The molecule has 24 heavy (non-hydrogen) atoms. The Morgan fingerprint density at radius 1 is 1.29 bits per heavy atom. The second-order valence-electron chi connectivity index (χ2n) is 6.54. The highest BCUT2D eigenvalue weighted by Crippen LogP contribution is 2.24. The van der Waals surface area contributed by atoms with E-state index in [0.717, 1.165) is 23.5 Å². The molecule has 1 aromatic carbocycles. The van der Waals surface area contributed by atoms with Crippen LogP contribution in [0, 0.1) is 13.8 Å². The molecule has 0 aliphatic carbocycles. The van der Waals surface area contributed by atoms with Gasteiger partial charge in [0, 0.05) is 31.0 Å². The first kappa shape index (κ1) is 18.6. The summed E-state index contributed by atoms with van der Waals surface area (Å²) >= 11 is 0. The number of hydrogen-bond donors (Lipinski definition) is 2. The molecule has 0 saturated heterocycles. The summed E-state index contributed by atoms with van der Waals surface area (Å²) in [6.07, 6.45) is 0. The van der Waals surface area contributed by atoms with Crippen molar-refractivity contribution in [1.82, 2.24) is 15.1 Å². The molecular weight excluding hydrogens is 302 g/mol. The number of aromatic nitrogens is 2. The largest absolute Gasteiger partial charge is 0.384 e. The van der Waals surface area contributed by atoms with Crippen LogP contribution in [0.4, 0.5) is 0 Å². The highest BCUT2D eigenvalue weighted by atomic mass is 16.5. The number of ether oxygens (including phenoxy) is 1. The average Bonchev–Trinajstić information content (AvgIpc) is 2.85. The molecule has 2 aromatic rings. The van der Waals surface area contributed by atoms with Crippen LogP contribution in [0.1, 0.15) is 42.4 Å². The van der Waals surface area contributed by atoms with Gasteiger partial charge in [-0.15, -0.1) is 0 Å². The van der Waals surface area contributed by atoms with Gasteiger partial charge in [-0.2, -0.15) is 5.10 Å². The third-order valence-electron chi connectivity index (χ3n) is 4.53. The van der Waals surface area contributed by atoms with Crippen LogP contribution in [-0.2, 0) is 16.9 Å². The Bertz CT molecular complexity index is 650. The van der Waals surface area contributed by atoms with E-state index in [4.69, 9.17) is 4.74 Å². The summed E-state index contributed by atoms with van der Waals surface area (Å²) in [7, 11) is 1.70. The standard InChI is InChI=1S/C19H29N3O2/c1-14(18-15(2)21-22(16(18)3)11-12-24-5)20-13-19(4,23)17-9-7-6-8-10-17/h6-10,14,20,23H,11-13H2,1-5H3. The van der Waals surface area contributed by atoms with Gasteiger partial charge in [0.2, 0.25) is 0 Å². The molecule has 0 aliphatic heterocycles. The van der Waals surface area contributed by atoms with Crippen molar-refractivity contribution in [3.8, 4) is 0 Å². The maximum Gasteiger partial charge on any atom is 0.0992 e. The van der Waals surface area contributed by atoms with Gasteiger partial charge in [-0.05, 0) is 33.3 Å². The van der Waals surface area contributed by atoms with Crippen molar-refractivity contribution in [3.63, 3.8) is 0 Å². The zero-order valence-corrected chi connectivity index (χ0v) is 15.3. The van der Waals surface area contributed by atoms with Crippen LogP contribution < -0.4 is 5.32 Å². The number of methoxy groups -OCH3 is 1. The van der Waals surface area contributed by atoms with Crippen LogP contribution in [0.2, 0.25) is 0 Å². The first-order valence-electron chi connectivity index (χ1n) is 8.41. The summed E-state index contributed by atoms with van der Waals surface area (Å²) in [5.41, 5.74) is 3.35. The Hall–Kier alpha value is -1.69. The molecule has 5 nitrogen and oxygen atoms in total. The topological polar surface area (TPSA) is 59.3 Å². The second-order valence-corrected chi connectivity index (χ2v) is 6.54. The maximum atomic E-state index is 10.7. The van der Waals surface area contributed by atoms with Crippen molar-refractivity contribution < 1.29 is 9.84 Å². The molecule has 5 heteroatoms. The average molecular weight is 331 g/mol. The van der Waals surface area contributed by atoms with Gasteiger partial charge < -0.3 is 15.2 Å². The Balaban J connectivity index is 2.07. The maximum absolute atomic E-state index is 10.7. The Morgan fingerprint density at radius 2 is 1.96 bits per heavy atom. The van der Waals surface area contributed by atoms with Gasteiger partial charge in [0.15, 0.2) is 0 Å². The van der Waals surface area contributed by atoms with Crippen molar-refractivity contribution in [2.45, 2.75) is 45.9 Å². The van der Waals surface area contributed by atoms with Gasteiger partial charge >= 0.3 is 0 Å². The van der Waals surface area contributed by atoms with E-state index in [1.807, 2.05) is 48.9 Å². The van der Waals surface area contributed by atoms with Crippen LogP contribution in [0.25, 0.3) is 0 Å². The van der Waals surface area contributed by atoms with Crippen LogP contribution in [0.15, 0.2) is 30.3 Å². The molecule has 2 N–H and O–H groups in total. The zero-order valence-electron chi connectivity index (χ0n) is 15.3. The van der Waals surface area contributed by atoms with Crippen molar-refractivity contribution in [3.05, 3.63) is 52.8 Å². The molecule has 0 fully saturated rings. The molecular formula is C19H29N3O2. The van der Waals surface area contributed by atoms with E-state index in [9.17, 15) is 5.11 Å². The number of benzene rings is 1. The van der Waals surface area contributed by atoms with Crippen LogP contribution >= 0.6 is 0 Å². The Labute approximate surface area is 144 Å². The summed E-state index contributed by atoms with van der Waals surface area (Å²) in [5, 5.41) is 18.8. The van der Waals surface area contributed by atoms with E-state index in [2.05, 4.69) is 24.3 Å². The van der Waals surface area contributed by atoms with Crippen molar-refractivity contribution >= 4 is 0 Å². The monoisotopic (exact) mass is 331 g/mol. The normalized spacial score (nSPS) is 15.2. The predicted octanol–water partition coefficient (Wildman–Crippen LogP) is 2.70. The van der Waals surface area contributed by atoms with Crippen molar-refractivity contribution in [2.24, 2.45) is 0 Å². The highest BCUT2D eigenvalue weighted by Gasteiger charge is 2.25. The fraction of sp³-hybridized carbons (Fsp3) is 0.526. The quantitative estimate of drug-likeness (QED) is 0.781. The van der Waals surface area contributed by atoms with Gasteiger partial charge in [-0.1, -0.05) is 30.3 Å². The van der Waals surface area contributed by atoms with E-state index < -0.39 is 5.60 Å². The smallest absolute Gasteiger partial charge is 0.0992 e. The molecule has 132 valence electrons. The van der Waals surface area contributed by atoms with Gasteiger partial charge in [-0.3, -0.25) is 4.68 Å². The van der Waals surface area contributed by atoms with Gasteiger partial charge in [0.1, 0.15) is 0 Å². The number of aliphatic hydroxyl groups is 1. The van der Waals surface area contributed by atoms with Crippen LogP contribution in [0.5, 0.6) is 0 Å². The first-order valence-corrected chi connectivity index (χ1v) is 8.41. The molecule has 0 spiro atoms. The number of hydrogen-bond acceptors (Lipinski definition) is 4. The highest BCUT2D eigenvalue weighted by molar-refractivity contribution is 5.28. The van der Waals surface area contributed by atoms with E-state index in [1.165, 1.54) is 5.56 Å². The van der Waals surface area contributed by atoms with Gasteiger partial charge in [0.05, 0.1) is 24.4 Å². The molecule has 2 atom stereocenters. The lowest BCUT2D eigenvalue weighted by atomic mass is 9.95. The van der Waals surface area contributed by atoms with Crippen molar-refractivity contribution in [1.29, 1.82) is 0 Å². The molecule has 0 aliphatic rings. The predicted molar refractivity (Wildman–Crippen MR) is 96.0 cm³/mol. The lowest BCUT2D eigenvalue weighted by Gasteiger charge is -2.27. The summed E-state index contributed by atoms with van der Waals surface area (Å²) in [6.45, 7) is 9.92. The minimum Gasteiger partial charge on any atom is -0.384 e. The summed E-state index contributed by atoms with van der Waals surface area (Å²) in [6, 6.07) is 9.85. The lowest BCUT2D eigenvalue weighted by Crippen LogP contribution is -2.36. The third kappa shape index (κ3) is 4.23. The van der Waals surface area contributed by atoms with E-state index >= 15 is 0 Å². The number of rotatable bonds is 8. The first-order chi connectivity index (χ1) is 11.4. The number of nitrogens with zero attached hydrogens (tertiary/aromatic N) is 2. The van der Waals surface area contributed by atoms with Gasteiger partial charge in [0.25, 0.3) is 0 Å². The Morgan fingerprint density at radius 3 is 2.58 bits per heavy atom. The molecule has 0 bridgehead atoms. The molecule has 1 aromatic heterocycles. The van der Waals surface area contributed by atoms with E-state index in [-0.39, 0.29) is 6.04 Å². The summed E-state index contributed by atoms with van der Waals surface area (Å²) < 4.78 is 7.13. The number of nitrogens with one attached hydrogen (secondary N) is 1. The molecule has 1 heterocycles.